The number of hydrogen-bond donors (Lipinski definition) is 1. The van der Waals surface area contributed by atoms with Crippen molar-refractivity contribution in [3.05, 3.63) is 30.9 Å². The minimum atomic E-state index is 0.268. The molecule has 0 aliphatic rings. The van der Waals surface area contributed by atoms with Crippen LogP contribution in [0.2, 0.25) is 0 Å². The van der Waals surface area contributed by atoms with Gasteiger partial charge in [-0.1, -0.05) is 0 Å². The van der Waals surface area contributed by atoms with Crippen molar-refractivity contribution in [2.75, 3.05) is 5.73 Å². The molecule has 2 N–H and O–H groups in total. The second-order valence-electron chi connectivity index (χ2n) is 2.40. The predicted molar refractivity (Wildman–Crippen MR) is 52.6 cm³/mol. The quantitative estimate of drug-likeness (QED) is 0.737. The van der Waals surface area contributed by atoms with Gasteiger partial charge in [-0.15, -0.1) is 0 Å². The molecule has 0 aliphatic heterocycles. The number of nitrogens with zero attached hydrogens (tertiary/aromatic N) is 4. The summed E-state index contributed by atoms with van der Waals surface area (Å²) < 4.78 is 0. The van der Waals surface area contributed by atoms with Crippen molar-refractivity contribution in [2.24, 2.45) is 0 Å². The molecule has 0 unspecified atom stereocenters. The first-order valence-corrected chi connectivity index (χ1v) is 4.68. The molecular formula is C8H7N5S. The summed E-state index contributed by atoms with van der Waals surface area (Å²) in [5.41, 5.74) is 5.44. The van der Waals surface area contributed by atoms with Crippen molar-refractivity contribution in [1.29, 1.82) is 0 Å². The van der Waals surface area contributed by atoms with Crippen LogP contribution in [0.1, 0.15) is 0 Å². The molecule has 0 amide bonds. The van der Waals surface area contributed by atoms with E-state index in [1.165, 1.54) is 18.1 Å². The van der Waals surface area contributed by atoms with E-state index >= 15 is 0 Å². The van der Waals surface area contributed by atoms with Crippen molar-refractivity contribution < 1.29 is 0 Å². The highest BCUT2D eigenvalue weighted by molar-refractivity contribution is 7.99. The molecule has 70 valence electrons. The van der Waals surface area contributed by atoms with E-state index in [9.17, 15) is 0 Å². The van der Waals surface area contributed by atoms with E-state index in [-0.39, 0.29) is 5.95 Å². The van der Waals surface area contributed by atoms with Crippen molar-refractivity contribution in [2.45, 2.75) is 10.1 Å². The largest absolute Gasteiger partial charge is 0.368 e. The summed E-state index contributed by atoms with van der Waals surface area (Å²) in [7, 11) is 0. The minimum absolute atomic E-state index is 0.268. The van der Waals surface area contributed by atoms with Gasteiger partial charge in [0.2, 0.25) is 5.95 Å². The van der Waals surface area contributed by atoms with Crippen molar-refractivity contribution in [3.63, 3.8) is 0 Å². The monoisotopic (exact) mass is 205 g/mol. The molecule has 2 aromatic heterocycles. The molecule has 0 radical (unpaired) electrons. The lowest BCUT2D eigenvalue weighted by atomic mass is 10.7. The van der Waals surface area contributed by atoms with E-state index in [4.69, 9.17) is 5.73 Å². The summed E-state index contributed by atoms with van der Waals surface area (Å²) >= 11 is 1.42. The topological polar surface area (TPSA) is 77.6 Å². The highest BCUT2D eigenvalue weighted by atomic mass is 32.2. The Morgan fingerprint density at radius 3 is 2.64 bits per heavy atom. The Hall–Kier alpha value is -1.69. The van der Waals surface area contributed by atoms with Crippen LogP contribution in [-0.2, 0) is 0 Å². The van der Waals surface area contributed by atoms with Crippen LogP contribution in [0.3, 0.4) is 0 Å². The lowest BCUT2D eigenvalue weighted by molar-refractivity contribution is 1.02. The molecule has 2 aromatic rings. The summed E-state index contributed by atoms with van der Waals surface area (Å²) in [5, 5.41) is 1.61. The van der Waals surface area contributed by atoms with Crippen LogP contribution in [0.25, 0.3) is 0 Å². The van der Waals surface area contributed by atoms with Gasteiger partial charge in [0.1, 0.15) is 16.4 Å². The van der Waals surface area contributed by atoms with E-state index in [2.05, 4.69) is 19.9 Å². The maximum absolute atomic E-state index is 5.44. The van der Waals surface area contributed by atoms with Crippen LogP contribution in [0.5, 0.6) is 0 Å². The average molecular weight is 205 g/mol. The van der Waals surface area contributed by atoms with Crippen molar-refractivity contribution in [1.82, 2.24) is 19.9 Å². The lowest BCUT2D eigenvalue weighted by Gasteiger charge is -1.98. The van der Waals surface area contributed by atoms with Crippen LogP contribution in [0, 0.1) is 0 Å². The predicted octanol–water partition coefficient (Wildman–Crippen LogP) is 1.00. The second kappa shape index (κ2) is 4.01. The number of nitrogens with two attached hydrogens (primary N) is 1. The van der Waals surface area contributed by atoms with E-state index < -0.39 is 0 Å². The number of rotatable bonds is 2. The van der Waals surface area contributed by atoms with Gasteiger partial charge < -0.3 is 5.73 Å². The molecule has 0 aromatic carbocycles. The van der Waals surface area contributed by atoms with E-state index in [0.29, 0.717) is 0 Å². The standard InChI is InChI=1S/C8H7N5S/c9-8-11-4-2-7(13-8)14-6-1-3-10-5-12-6/h1-5H,(H2,9,11,13). The summed E-state index contributed by atoms with van der Waals surface area (Å²) in [6.07, 6.45) is 4.79. The molecule has 6 heteroatoms. The zero-order chi connectivity index (χ0) is 9.80. The first-order chi connectivity index (χ1) is 6.84. The van der Waals surface area contributed by atoms with Gasteiger partial charge in [-0.2, -0.15) is 0 Å². The maximum Gasteiger partial charge on any atom is 0.221 e. The van der Waals surface area contributed by atoms with Crippen molar-refractivity contribution >= 4 is 17.7 Å². The maximum atomic E-state index is 5.44. The Labute approximate surface area is 84.8 Å². The van der Waals surface area contributed by atoms with Crippen LogP contribution in [-0.4, -0.2) is 19.9 Å². The Morgan fingerprint density at radius 1 is 1.07 bits per heavy atom. The molecule has 0 fully saturated rings. The van der Waals surface area contributed by atoms with Gasteiger partial charge in [0.15, 0.2) is 0 Å². The van der Waals surface area contributed by atoms with Crippen LogP contribution < -0.4 is 5.73 Å². The van der Waals surface area contributed by atoms with E-state index in [1.54, 1.807) is 18.5 Å². The first kappa shape index (κ1) is 8.89. The third kappa shape index (κ3) is 2.17. The van der Waals surface area contributed by atoms with Gasteiger partial charge in [-0.25, -0.2) is 19.9 Å². The number of anilines is 1. The third-order valence-corrected chi connectivity index (χ3v) is 2.30. The van der Waals surface area contributed by atoms with Gasteiger partial charge in [0, 0.05) is 12.4 Å². The first-order valence-electron chi connectivity index (χ1n) is 3.87. The fourth-order valence-corrected chi connectivity index (χ4v) is 1.57. The smallest absolute Gasteiger partial charge is 0.221 e. The fraction of sp³-hybridized carbons (Fsp3) is 0. The zero-order valence-electron chi connectivity index (χ0n) is 7.16. The average Bonchev–Trinajstić information content (AvgIpc) is 2.19. The van der Waals surface area contributed by atoms with Crippen LogP contribution >= 0.6 is 11.8 Å². The van der Waals surface area contributed by atoms with Gasteiger partial charge in [-0.3, -0.25) is 0 Å². The molecule has 0 saturated heterocycles. The Kier molecular flexibility index (Phi) is 2.55. The second-order valence-corrected chi connectivity index (χ2v) is 3.44. The minimum Gasteiger partial charge on any atom is -0.368 e. The summed E-state index contributed by atoms with van der Waals surface area (Å²) in [6, 6.07) is 3.59. The molecule has 14 heavy (non-hydrogen) atoms. The Bertz CT molecular complexity index is 419. The number of nitrogen functional groups attached to an aromatic ring is 1. The molecule has 0 aliphatic carbocycles. The zero-order valence-corrected chi connectivity index (χ0v) is 7.98. The molecule has 0 saturated carbocycles. The summed E-state index contributed by atoms with van der Waals surface area (Å²) in [4.78, 5) is 15.7. The van der Waals surface area contributed by atoms with E-state index in [0.717, 1.165) is 10.1 Å². The molecule has 5 nitrogen and oxygen atoms in total. The summed E-state index contributed by atoms with van der Waals surface area (Å²) in [6.45, 7) is 0. The number of hydrogen-bond acceptors (Lipinski definition) is 6. The Balaban J connectivity index is 2.19. The molecule has 0 spiro atoms. The molecule has 0 bridgehead atoms. The van der Waals surface area contributed by atoms with E-state index in [1.807, 2.05) is 6.07 Å². The third-order valence-electron chi connectivity index (χ3n) is 1.41. The normalized spacial score (nSPS) is 10.0. The van der Waals surface area contributed by atoms with Gasteiger partial charge >= 0.3 is 0 Å². The van der Waals surface area contributed by atoms with Crippen LogP contribution in [0.15, 0.2) is 40.9 Å². The molecule has 2 heterocycles. The van der Waals surface area contributed by atoms with Gasteiger partial charge in [0.05, 0.1) is 0 Å². The molecular weight excluding hydrogens is 198 g/mol. The van der Waals surface area contributed by atoms with Gasteiger partial charge in [-0.05, 0) is 23.9 Å². The molecule has 0 atom stereocenters. The van der Waals surface area contributed by atoms with Crippen molar-refractivity contribution in [3.8, 4) is 0 Å². The SMILES string of the molecule is Nc1nccc(Sc2ccncn2)n1. The summed E-state index contributed by atoms with van der Waals surface area (Å²) in [5.74, 6) is 0.268. The highest BCUT2D eigenvalue weighted by Crippen LogP contribution is 2.22. The highest BCUT2D eigenvalue weighted by Gasteiger charge is 1.99. The molecule has 2 rings (SSSR count). The van der Waals surface area contributed by atoms with Gasteiger partial charge in [0.25, 0.3) is 0 Å². The lowest BCUT2D eigenvalue weighted by Crippen LogP contribution is -1.94. The fourth-order valence-electron chi connectivity index (χ4n) is 0.859. The Morgan fingerprint density at radius 2 is 1.93 bits per heavy atom. The number of aromatic nitrogens is 4. The van der Waals surface area contributed by atoms with Crippen LogP contribution in [0.4, 0.5) is 5.95 Å².